The SMILES string of the molecule is Cc1cnc(-n2c(C)nc3ccccc32)cc1[N+](=O)[O-]. The molecular formula is C14H12N4O2. The van der Waals surface area contributed by atoms with E-state index >= 15 is 0 Å². The third-order valence-corrected chi connectivity index (χ3v) is 3.21. The minimum Gasteiger partial charge on any atom is -0.280 e. The Hall–Kier alpha value is -2.76. The number of aromatic nitrogens is 3. The fraction of sp³-hybridized carbons (Fsp3) is 0.143. The molecule has 0 saturated carbocycles. The largest absolute Gasteiger partial charge is 0.280 e. The molecule has 0 atom stereocenters. The molecule has 0 aliphatic heterocycles. The van der Waals surface area contributed by atoms with E-state index in [-0.39, 0.29) is 5.69 Å². The highest BCUT2D eigenvalue weighted by atomic mass is 16.6. The van der Waals surface area contributed by atoms with Crippen LogP contribution in [0.5, 0.6) is 0 Å². The van der Waals surface area contributed by atoms with Gasteiger partial charge in [-0.05, 0) is 26.0 Å². The summed E-state index contributed by atoms with van der Waals surface area (Å²) in [5, 5.41) is 11.0. The van der Waals surface area contributed by atoms with Gasteiger partial charge in [0, 0.05) is 11.8 Å². The molecule has 6 nitrogen and oxygen atoms in total. The zero-order chi connectivity index (χ0) is 14.3. The van der Waals surface area contributed by atoms with Crippen LogP contribution >= 0.6 is 0 Å². The van der Waals surface area contributed by atoms with Crippen molar-refractivity contribution in [3.8, 4) is 5.82 Å². The number of hydrogen-bond donors (Lipinski definition) is 0. The summed E-state index contributed by atoms with van der Waals surface area (Å²) in [7, 11) is 0. The third-order valence-electron chi connectivity index (χ3n) is 3.21. The molecule has 0 fully saturated rings. The molecule has 2 heterocycles. The average Bonchev–Trinajstić information content (AvgIpc) is 2.75. The standard InChI is InChI=1S/C14H12N4O2/c1-9-8-15-14(7-13(9)18(19)20)17-10(2)16-11-5-3-4-6-12(11)17/h3-8H,1-2H3. The molecule has 1 aromatic carbocycles. The van der Waals surface area contributed by atoms with Gasteiger partial charge in [0.15, 0.2) is 0 Å². The summed E-state index contributed by atoms with van der Waals surface area (Å²) in [4.78, 5) is 19.4. The number of benzene rings is 1. The van der Waals surface area contributed by atoms with Gasteiger partial charge in [0.2, 0.25) is 0 Å². The molecule has 0 N–H and O–H groups in total. The number of aryl methyl sites for hydroxylation is 2. The minimum absolute atomic E-state index is 0.0622. The molecule has 6 heteroatoms. The van der Waals surface area contributed by atoms with Crippen molar-refractivity contribution in [2.75, 3.05) is 0 Å². The number of imidazole rings is 1. The molecule has 0 aliphatic carbocycles. The van der Waals surface area contributed by atoms with Crippen molar-refractivity contribution in [2.45, 2.75) is 13.8 Å². The molecular weight excluding hydrogens is 256 g/mol. The Bertz CT molecular complexity index is 823. The molecule has 0 spiro atoms. The Morgan fingerprint density at radius 2 is 2.00 bits per heavy atom. The third kappa shape index (κ3) is 1.82. The number of rotatable bonds is 2. The van der Waals surface area contributed by atoms with Crippen molar-refractivity contribution in [1.82, 2.24) is 14.5 Å². The molecule has 100 valence electrons. The molecule has 0 amide bonds. The average molecular weight is 268 g/mol. The highest BCUT2D eigenvalue weighted by Crippen LogP contribution is 2.24. The van der Waals surface area contributed by atoms with E-state index in [4.69, 9.17) is 0 Å². The smallest absolute Gasteiger partial charge is 0.277 e. The van der Waals surface area contributed by atoms with Crippen LogP contribution in [-0.2, 0) is 0 Å². The molecule has 0 saturated heterocycles. The lowest BCUT2D eigenvalue weighted by Gasteiger charge is -2.06. The van der Waals surface area contributed by atoms with Crippen molar-refractivity contribution < 1.29 is 4.92 Å². The number of pyridine rings is 1. The topological polar surface area (TPSA) is 73.8 Å². The normalized spacial score (nSPS) is 10.9. The van der Waals surface area contributed by atoms with Gasteiger partial charge in [-0.1, -0.05) is 12.1 Å². The number of nitrogens with zero attached hydrogens (tertiary/aromatic N) is 4. The second kappa shape index (κ2) is 4.41. The lowest BCUT2D eigenvalue weighted by atomic mass is 10.2. The van der Waals surface area contributed by atoms with Crippen molar-refractivity contribution in [1.29, 1.82) is 0 Å². The van der Waals surface area contributed by atoms with E-state index < -0.39 is 4.92 Å². The number of para-hydroxylation sites is 2. The predicted molar refractivity (Wildman–Crippen MR) is 75.0 cm³/mol. The van der Waals surface area contributed by atoms with Crippen molar-refractivity contribution >= 4 is 16.7 Å². The molecule has 0 radical (unpaired) electrons. The van der Waals surface area contributed by atoms with Crippen LogP contribution in [0.2, 0.25) is 0 Å². The van der Waals surface area contributed by atoms with E-state index in [0.29, 0.717) is 11.4 Å². The van der Waals surface area contributed by atoms with Crippen LogP contribution in [0.1, 0.15) is 11.4 Å². The van der Waals surface area contributed by atoms with E-state index in [1.165, 1.54) is 12.3 Å². The lowest BCUT2D eigenvalue weighted by Crippen LogP contribution is -2.02. The molecule has 0 unspecified atom stereocenters. The van der Waals surface area contributed by atoms with Gasteiger partial charge in [0.05, 0.1) is 22.0 Å². The van der Waals surface area contributed by atoms with Crippen LogP contribution in [0.4, 0.5) is 5.69 Å². The van der Waals surface area contributed by atoms with Gasteiger partial charge >= 0.3 is 0 Å². The highest BCUT2D eigenvalue weighted by molar-refractivity contribution is 5.77. The van der Waals surface area contributed by atoms with Crippen molar-refractivity contribution in [2.24, 2.45) is 0 Å². The summed E-state index contributed by atoms with van der Waals surface area (Å²) >= 11 is 0. The van der Waals surface area contributed by atoms with Gasteiger partial charge in [-0.25, -0.2) is 9.97 Å². The predicted octanol–water partition coefficient (Wildman–Crippen LogP) is 2.95. The van der Waals surface area contributed by atoms with E-state index in [1.54, 1.807) is 6.92 Å². The summed E-state index contributed by atoms with van der Waals surface area (Å²) in [5.74, 6) is 1.25. The number of fused-ring (bicyclic) bond motifs is 1. The zero-order valence-electron chi connectivity index (χ0n) is 11.1. The Morgan fingerprint density at radius 3 is 2.75 bits per heavy atom. The van der Waals surface area contributed by atoms with Crippen LogP contribution in [0.15, 0.2) is 36.5 Å². The van der Waals surface area contributed by atoms with Crippen LogP contribution in [0, 0.1) is 24.0 Å². The summed E-state index contributed by atoms with van der Waals surface area (Å²) in [6.45, 7) is 3.53. The second-order valence-electron chi connectivity index (χ2n) is 4.57. The maximum absolute atomic E-state index is 11.0. The maximum atomic E-state index is 11.0. The molecule has 2 aromatic heterocycles. The van der Waals surface area contributed by atoms with Crippen LogP contribution < -0.4 is 0 Å². The molecule has 20 heavy (non-hydrogen) atoms. The van der Waals surface area contributed by atoms with Gasteiger partial charge < -0.3 is 0 Å². The molecule has 0 bridgehead atoms. The first-order valence-corrected chi connectivity index (χ1v) is 6.13. The molecule has 0 aliphatic rings. The Kier molecular flexibility index (Phi) is 2.71. The van der Waals surface area contributed by atoms with E-state index in [0.717, 1.165) is 16.9 Å². The fourth-order valence-corrected chi connectivity index (χ4v) is 2.26. The first-order chi connectivity index (χ1) is 9.58. The fourth-order valence-electron chi connectivity index (χ4n) is 2.26. The summed E-state index contributed by atoms with van der Waals surface area (Å²) in [6.07, 6.45) is 1.52. The monoisotopic (exact) mass is 268 g/mol. The maximum Gasteiger partial charge on any atom is 0.277 e. The first kappa shape index (κ1) is 12.3. The van der Waals surface area contributed by atoms with Crippen LogP contribution in [-0.4, -0.2) is 19.5 Å². The number of nitro groups is 1. The second-order valence-corrected chi connectivity index (χ2v) is 4.57. The summed E-state index contributed by atoms with van der Waals surface area (Å²) in [6, 6.07) is 9.12. The van der Waals surface area contributed by atoms with Crippen molar-refractivity contribution in [3.63, 3.8) is 0 Å². The number of hydrogen-bond acceptors (Lipinski definition) is 4. The van der Waals surface area contributed by atoms with E-state index in [2.05, 4.69) is 9.97 Å². The van der Waals surface area contributed by atoms with Crippen LogP contribution in [0.25, 0.3) is 16.9 Å². The molecule has 3 rings (SSSR count). The lowest BCUT2D eigenvalue weighted by molar-refractivity contribution is -0.385. The Labute approximate surface area is 114 Å². The van der Waals surface area contributed by atoms with Crippen molar-refractivity contribution in [3.05, 3.63) is 58.0 Å². The minimum atomic E-state index is -0.394. The highest BCUT2D eigenvalue weighted by Gasteiger charge is 2.16. The van der Waals surface area contributed by atoms with Gasteiger partial charge in [-0.15, -0.1) is 0 Å². The first-order valence-electron chi connectivity index (χ1n) is 6.13. The summed E-state index contributed by atoms with van der Waals surface area (Å²) in [5.41, 5.74) is 2.33. The van der Waals surface area contributed by atoms with Gasteiger partial charge in [-0.3, -0.25) is 14.7 Å². The quantitative estimate of drug-likeness (QED) is 0.529. The van der Waals surface area contributed by atoms with E-state index in [1.807, 2.05) is 35.8 Å². The van der Waals surface area contributed by atoms with E-state index in [9.17, 15) is 10.1 Å². The zero-order valence-corrected chi connectivity index (χ0v) is 11.1. The van der Waals surface area contributed by atoms with Crippen LogP contribution in [0.3, 0.4) is 0 Å². The summed E-state index contributed by atoms with van der Waals surface area (Å²) < 4.78 is 1.82. The van der Waals surface area contributed by atoms with Gasteiger partial charge in [0.25, 0.3) is 5.69 Å². The Morgan fingerprint density at radius 1 is 1.25 bits per heavy atom. The van der Waals surface area contributed by atoms with Gasteiger partial charge in [-0.2, -0.15) is 0 Å². The van der Waals surface area contributed by atoms with Gasteiger partial charge in [0.1, 0.15) is 11.6 Å². The Balaban J connectivity index is 2.28. The molecule has 3 aromatic rings.